The molecule has 8 heteroatoms. The summed E-state index contributed by atoms with van der Waals surface area (Å²) in [5, 5.41) is 21.6. The highest BCUT2D eigenvalue weighted by molar-refractivity contribution is 7.18. The predicted octanol–water partition coefficient (Wildman–Crippen LogP) is 4.45. The molecule has 1 aliphatic rings. The number of nitrogens with one attached hydrogen (secondary N) is 1. The maximum absolute atomic E-state index is 12.7. The lowest BCUT2D eigenvalue weighted by Gasteiger charge is -2.31. The van der Waals surface area contributed by atoms with Crippen molar-refractivity contribution in [2.45, 2.75) is 32.6 Å². The van der Waals surface area contributed by atoms with Crippen LogP contribution in [-0.2, 0) is 4.79 Å². The molecule has 0 atom stereocenters. The SMILES string of the molecule is CC(C)c1ccc(-c2nnc(NC(=O)C3CCN(c4ccc(C#N)cn4)CC3)s2)cc1. The average Bonchev–Trinajstić information content (AvgIpc) is 3.27. The number of nitriles is 1. The van der Waals surface area contributed by atoms with Crippen LogP contribution in [-0.4, -0.2) is 34.2 Å². The van der Waals surface area contributed by atoms with Crippen LogP contribution in [0.25, 0.3) is 10.6 Å². The Morgan fingerprint density at radius 2 is 1.90 bits per heavy atom. The van der Waals surface area contributed by atoms with Crippen LogP contribution < -0.4 is 10.2 Å². The van der Waals surface area contributed by atoms with Crippen LogP contribution in [0, 0.1) is 17.2 Å². The van der Waals surface area contributed by atoms with Crippen LogP contribution in [0.2, 0.25) is 0 Å². The molecule has 158 valence electrons. The third-order valence-corrected chi connectivity index (χ3v) is 6.43. The van der Waals surface area contributed by atoms with Gasteiger partial charge in [0.1, 0.15) is 16.9 Å². The third-order valence-electron chi connectivity index (χ3n) is 5.55. The van der Waals surface area contributed by atoms with E-state index in [1.165, 1.54) is 16.9 Å². The second-order valence-electron chi connectivity index (χ2n) is 7.96. The lowest BCUT2D eigenvalue weighted by Crippen LogP contribution is -2.38. The summed E-state index contributed by atoms with van der Waals surface area (Å²) in [6.45, 7) is 5.83. The van der Waals surface area contributed by atoms with Gasteiger partial charge in [-0.05, 0) is 36.5 Å². The zero-order valence-corrected chi connectivity index (χ0v) is 18.4. The standard InChI is InChI=1S/C23H24N6OS/c1-15(2)17-4-6-19(7-5-17)22-27-28-23(31-22)26-21(30)18-9-11-29(12-10-18)20-8-3-16(13-24)14-25-20/h3-8,14-15,18H,9-12H2,1-2H3,(H,26,28,30). The molecule has 3 heterocycles. The minimum Gasteiger partial charge on any atom is -0.357 e. The number of aromatic nitrogens is 3. The molecule has 1 amide bonds. The monoisotopic (exact) mass is 432 g/mol. The molecule has 31 heavy (non-hydrogen) atoms. The van der Waals surface area contributed by atoms with E-state index in [1.54, 1.807) is 12.3 Å². The first-order valence-corrected chi connectivity index (χ1v) is 11.2. The zero-order chi connectivity index (χ0) is 21.8. The Bertz CT molecular complexity index is 1080. The maximum Gasteiger partial charge on any atom is 0.229 e. The van der Waals surface area contributed by atoms with Crippen molar-refractivity contribution in [3.8, 4) is 16.6 Å². The van der Waals surface area contributed by atoms with E-state index in [2.05, 4.69) is 57.4 Å². The number of piperidine rings is 1. The van der Waals surface area contributed by atoms with Crippen molar-refractivity contribution in [1.29, 1.82) is 5.26 Å². The van der Waals surface area contributed by atoms with Crippen LogP contribution >= 0.6 is 11.3 Å². The number of carbonyl (C=O) groups excluding carboxylic acids is 1. The van der Waals surface area contributed by atoms with E-state index in [1.807, 2.05) is 18.2 Å². The van der Waals surface area contributed by atoms with Crippen molar-refractivity contribution in [3.63, 3.8) is 0 Å². The minimum absolute atomic E-state index is 0.00899. The Labute approximate surface area is 185 Å². The van der Waals surface area contributed by atoms with E-state index in [0.717, 1.165) is 42.3 Å². The van der Waals surface area contributed by atoms with Crippen molar-refractivity contribution >= 4 is 28.2 Å². The molecule has 4 rings (SSSR count). The van der Waals surface area contributed by atoms with E-state index < -0.39 is 0 Å². The number of hydrogen-bond donors (Lipinski definition) is 1. The number of amides is 1. The second-order valence-corrected chi connectivity index (χ2v) is 8.93. The molecule has 1 fully saturated rings. The van der Waals surface area contributed by atoms with Gasteiger partial charge in [-0.15, -0.1) is 10.2 Å². The second kappa shape index (κ2) is 9.23. The van der Waals surface area contributed by atoms with Gasteiger partial charge in [-0.1, -0.05) is 49.4 Å². The van der Waals surface area contributed by atoms with Gasteiger partial charge in [0.2, 0.25) is 11.0 Å². The highest BCUT2D eigenvalue weighted by atomic mass is 32.1. The molecule has 3 aromatic rings. The first kappa shape index (κ1) is 20.9. The van der Waals surface area contributed by atoms with E-state index in [0.29, 0.717) is 16.6 Å². The van der Waals surface area contributed by atoms with Gasteiger partial charge in [0.05, 0.1) is 5.56 Å². The Morgan fingerprint density at radius 1 is 1.16 bits per heavy atom. The number of hydrogen-bond acceptors (Lipinski definition) is 7. The summed E-state index contributed by atoms with van der Waals surface area (Å²) >= 11 is 1.39. The van der Waals surface area contributed by atoms with E-state index in [4.69, 9.17) is 5.26 Å². The molecule has 0 bridgehead atoms. The average molecular weight is 433 g/mol. The summed E-state index contributed by atoms with van der Waals surface area (Å²) in [5.41, 5.74) is 2.83. The number of pyridine rings is 1. The van der Waals surface area contributed by atoms with Crippen molar-refractivity contribution in [2.24, 2.45) is 5.92 Å². The number of carbonyl (C=O) groups is 1. The summed E-state index contributed by atoms with van der Waals surface area (Å²) in [6.07, 6.45) is 3.07. The quantitative estimate of drug-likeness (QED) is 0.640. The lowest BCUT2D eigenvalue weighted by atomic mass is 9.96. The molecule has 1 N–H and O–H groups in total. The highest BCUT2D eigenvalue weighted by Gasteiger charge is 2.26. The fourth-order valence-electron chi connectivity index (χ4n) is 3.62. The van der Waals surface area contributed by atoms with Gasteiger partial charge < -0.3 is 10.2 Å². The minimum atomic E-state index is -0.0627. The predicted molar refractivity (Wildman–Crippen MR) is 122 cm³/mol. The van der Waals surface area contributed by atoms with Crippen LogP contribution in [0.3, 0.4) is 0 Å². The van der Waals surface area contributed by atoms with Crippen LogP contribution in [0.4, 0.5) is 10.9 Å². The first-order valence-electron chi connectivity index (χ1n) is 10.4. The summed E-state index contributed by atoms with van der Waals surface area (Å²) in [7, 11) is 0. The molecular formula is C23H24N6OS. The molecule has 0 aliphatic carbocycles. The van der Waals surface area contributed by atoms with E-state index in [9.17, 15) is 4.79 Å². The molecule has 0 spiro atoms. The van der Waals surface area contributed by atoms with Gasteiger partial charge in [0.15, 0.2) is 0 Å². The third kappa shape index (κ3) is 4.89. The van der Waals surface area contributed by atoms with Crippen molar-refractivity contribution < 1.29 is 4.79 Å². The highest BCUT2D eigenvalue weighted by Crippen LogP contribution is 2.29. The van der Waals surface area contributed by atoms with Gasteiger partial charge in [-0.25, -0.2) is 4.98 Å². The summed E-state index contributed by atoms with van der Waals surface area (Å²) in [4.78, 5) is 19.2. The van der Waals surface area contributed by atoms with E-state index >= 15 is 0 Å². The first-order chi connectivity index (χ1) is 15.0. The van der Waals surface area contributed by atoms with Crippen molar-refractivity contribution in [1.82, 2.24) is 15.2 Å². The Morgan fingerprint density at radius 3 is 2.52 bits per heavy atom. The molecule has 2 aromatic heterocycles. The number of anilines is 2. The number of nitrogens with zero attached hydrogens (tertiary/aromatic N) is 5. The lowest BCUT2D eigenvalue weighted by molar-refractivity contribution is -0.120. The van der Waals surface area contributed by atoms with Crippen molar-refractivity contribution in [3.05, 3.63) is 53.7 Å². The Hall–Kier alpha value is -3.31. The molecular weight excluding hydrogens is 408 g/mol. The summed E-state index contributed by atoms with van der Waals surface area (Å²) in [5.74, 6) is 1.25. The fraction of sp³-hybridized carbons (Fsp3) is 0.348. The zero-order valence-electron chi connectivity index (χ0n) is 17.6. The summed E-state index contributed by atoms with van der Waals surface area (Å²) in [6, 6.07) is 14.0. The molecule has 1 aromatic carbocycles. The Kier molecular flexibility index (Phi) is 6.23. The van der Waals surface area contributed by atoms with Gasteiger partial charge in [0, 0.05) is 30.8 Å². The Balaban J connectivity index is 1.32. The van der Waals surface area contributed by atoms with Crippen LogP contribution in [0.5, 0.6) is 0 Å². The maximum atomic E-state index is 12.7. The molecule has 1 aliphatic heterocycles. The number of benzene rings is 1. The van der Waals surface area contributed by atoms with Gasteiger partial charge in [-0.3, -0.25) is 4.79 Å². The van der Waals surface area contributed by atoms with Crippen molar-refractivity contribution in [2.75, 3.05) is 23.3 Å². The smallest absolute Gasteiger partial charge is 0.229 e. The normalized spacial score (nSPS) is 14.5. The molecule has 0 saturated carbocycles. The summed E-state index contributed by atoms with van der Waals surface area (Å²) < 4.78 is 0. The fourth-order valence-corrected chi connectivity index (χ4v) is 4.37. The molecule has 0 unspecified atom stereocenters. The van der Waals surface area contributed by atoms with Gasteiger partial charge >= 0.3 is 0 Å². The van der Waals surface area contributed by atoms with E-state index in [-0.39, 0.29) is 11.8 Å². The van der Waals surface area contributed by atoms with Gasteiger partial charge in [-0.2, -0.15) is 5.26 Å². The molecule has 0 radical (unpaired) electrons. The van der Waals surface area contributed by atoms with Crippen LogP contribution in [0.1, 0.15) is 43.7 Å². The largest absolute Gasteiger partial charge is 0.357 e. The topological polar surface area (TPSA) is 94.8 Å². The van der Waals surface area contributed by atoms with Crippen LogP contribution in [0.15, 0.2) is 42.6 Å². The van der Waals surface area contributed by atoms with Gasteiger partial charge in [0.25, 0.3) is 0 Å². The molecule has 1 saturated heterocycles. The molecule has 7 nitrogen and oxygen atoms in total. The number of rotatable bonds is 5.